The van der Waals surface area contributed by atoms with E-state index in [2.05, 4.69) is 6.92 Å². The monoisotopic (exact) mass is 488 g/mol. The molecule has 8 nitrogen and oxygen atoms in total. The summed E-state index contributed by atoms with van der Waals surface area (Å²) in [5.41, 5.74) is 3.19. The summed E-state index contributed by atoms with van der Waals surface area (Å²) in [4.78, 5) is 15.6. The Morgan fingerprint density at radius 2 is 1.56 bits per heavy atom. The van der Waals surface area contributed by atoms with E-state index in [0.717, 1.165) is 29.7 Å². The summed E-state index contributed by atoms with van der Waals surface area (Å²) in [5.74, 6) is 1.36. The van der Waals surface area contributed by atoms with E-state index < -0.39 is 10.0 Å². The van der Waals surface area contributed by atoms with Crippen LogP contribution in [0.25, 0.3) is 0 Å². The number of ether oxygens (including phenoxy) is 3. The molecule has 0 aromatic heterocycles. The second kappa shape index (κ2) is 9.84. The molecule has 4 rings (SSSR count). The highest BCUT2D eigenvalue weighted by molar-refractivity contribution is 7.89. The maximum absolute atomic E-state index is 13.5. The predicted octanol–water partition coefficient (Wildman–Crippen LogP) is 3.40. The molecular weight excluding hydrogens is 456 g/mol. The smallest absolute Gasteiger partial charge is 0.243 e. The summed E-state index contributed by atoms with van der Waals surface area (Å²) < 4.78 is 44.0. The van der Waals surface area contributed by atoms with Crippen LogP contribution in [0.3, 0.4) is 0 Å². The van der Waals surface area contributed by atoms with Gasteiger partial charge in [-0.2, -0.15) is 4.31 Å². The number of carbonyl (C=O) groups excluding carboxylic acids is 1. The SMILES string of the molecule is COc1ccc(S(=O)(=O)N2CCC(C(=O)N3CCCc4c(C)ccc(OC)c43)CC2)cc1OC. The minimum absolute atomic E-state index is 0.0491. The minimum Gasteiger partial charge on any atom is -0.495 e. The quantitative estimate of drug-likeness (QED) is 0.620. The number of sulfonamides is 1. The van der Waals surface area contributed by atoms with Gasteiger partial charge in [-0.25, -0.2) is 8.42 Å². The van der Waals surface area contributed by atoms with Gasteiger partial charge in [-0.15, -0.1) is 0 Å². The molecule has 34 heavy (non-hydrogen) atoms. The number of fused-ring (bicyclic) bond motifs is 1. The summed E-state index contributed by atoms with van der Waals surface area (Å²) in [6, 6.07) is 8.53. The van der Waals surface area contributed by atoms with E-state index in [4.69, 9.17) is 14.2 Å². The molecule has 184 valence electrons. The average molecular weight is 489 g/mol. The van der Waals surface area contributed by atoms with Crippen LogP contribution in [0.1, 0.15) is 30.4 Å². The van der Waals surface area contributed by atoms with Gasteiger partial charge in [0.05, 0.1) is 31.9 Å². The summed E-state index contributed by atoms with van der Waals surface area (Å²) in [6.45, 7) is 3.29. The van der Waals surface area contributed by atoms with E-state index in [1.165, 1.54) is 30.7 Å². The van der Waals surface area contributed by atoms with Crippen molar-refractivity contribution in [1.29, 1.82) is 0 Å². The van der Waals surface area contributed by atoms with Crippen LogP contribution in [-0.2, 0) is 21.2 Å². The second-order valence-electron chi connectivity index (χ2n) is 8.70. The van der Waals surface area contributed by atoms with Gasteiger partial charge >= 0.3 is 0 Å². The highest BCUT2D eigenvalue weighted by Crippen LogP contribution is 2.40. The predicted molar refractivity (Wildman–Crippen MR) is 129 cm³/mol. The van der Waals surface area contributed by atoms with Crippen molar-refractivity contribution in [3.05, 3.63) is 41.5 Å². The molecule has 0 aliphatic carbocycles. The zero-order valence-corrected chi connectivity index (χ0v) is 21.0. The lowest BCUT2D eigenvalue weighted by Gasteiger charge is -2.37. The van der Waals surface area contributed by atoms with Crippen LogP contribution in [0.4, 0.5) is 5.69 Å². The number of hydrogen-bond acceptors (Lipinski definition) is 6. The molecule has 2 aliphatic rings. The lowest BCUT2D eigenvalue weighted by atomic mass is 9.92. The van der Waals surface area contributed by atoms with Crippen molar-refractivity contribution in [2.45, 2.75) is 37.5 Å². The standard InChI is InChI=1S/C25H32N2O6S/c1-17-7-9-22(32-3)24-20(17)6-5-13-27(24)25(28)18-11-14-26(15-12-18)34(29,30)19-8-10-21(31-2)23(16-19)33-4/h7-10,16,18H,5-6,11-15H2,1-4H3. The Morgan fingerprint density at radius 3 is 2.21 bits per heavy atom. The van der Waals surface area contributed by atoms with E-state index in [1.54, 1.807) is 13.2 Å². The summed E-state index contributed by atoms with van der Waals surface area (Å²) in [5, 5.41) is 0. The molecule has 1 fully saturated rings. The fraction of sp³-hybridized carbons (Fsp3) is 0.480. The molecule has 0 saturated carbocycles. The molecule has 0 radical (unpaired) electrons. The van der Waals surface area contributed by atoms with Gasteiger partial charge in [-0.3, -0.25) is 4.79 Å². The molecule has 9 heteroatoms. The van der Waals surface area contributed by atoms with Crippen LogP contribution >= 0.6 is 0 Å². The molecule has 1 saturated heterocycles. The van der Waals surface area contributed by atoms with Crippen LogP contribution < -0.4 is 19.1 Å². The molecule has 2 aliphatic heterocycles. The minimum atomic E-state index is -3.71. The molecule has 0 bridgehead atoms. The number of rotatable bonds is 6. The number of anilines is 1. The molecule has 0 unspecified atom stereocenters. The van der Waals surface area contributed by atoms with E-state index in [1.807, 2.05) is 17.0 Å². The number of nitrogens with zero attached hydrogens (tertiary/aromatic N) is 2. The Hall–Kier alpha value is -2.78. The van der Waals surface area contributed by atoms with E-state index in [-0.39, 0.29) is 16.7 Å². The molecule has 0 spiro atoms. The van der Waals surface area contributed by atoms with Gasteiger partial charge in [-0.1, -0.05) is 6.07 Å². The zero-order chi connectivity index (χ0) is 24.5. The van der Waals surface area contributed by atoms with Crippen LogP contribution in [0, 0.1) is 12.8 Å². The van der Waals surface area contributed by atoms with Crippen molar-refractivity contribution < 1.29 is 27.4 Å². The van der Waals surface area contributed by atoms with Gasteiger partial charge in [0.2, 0.25) is 15.9 Å². The Morgan fingerprint density at radius 1 is 0.912 bits per heavy atom. The van der Waals surface area contributed by atoms with Crippen molar-refractivity contribution in [1.82, 2.24) is 4.31 Å². The Kier molecular flexibility index (Phi) is 7.04. The Balaban J connectivity index is 1.50. The number of hydrogen-bond donors (Lipinski definition) is 0. The maximum Gasteiger partial charge on any atom is 0.243 e. The van der Waals surface area contributed by atoms with Crippen molar-refractivity contribution >= 4 is 21.6 Å². The third kappa shape index (κ3) is 4.34. The van der Waals surface area contributed by atoms with Crippen molar-refractivity contribution in [2.24, 2.45) is 5.92 Å². The lowest BCUT2D eigenvalue weighted by molar-refractivity contribution is -0.123. The van der Waals surface area contributed by atoms with E-state index in [9.17, 15) is 13.2 Å². The van der Waals surface area contributed by atoms with Gasteiger partial charge in [0, 0.05) is 31.6 Å². The first-order valence-corrected chi connectivity index (χ1v) is 13.0. The van der Waals surface area contributed by atoms with Crippen LogP contribution in [0.5, 0.6) is 17.2 Å². The van der Waals surface area contributed by atoms with Gasteiger partial charge in [0.15, 0.2) is 11.5 Å². The van der Waals surface area contributed by atoms with Crippen LogP contribution in [0.2, 0.25) is 0 Å². The maximum atomic E-state index is 13.5. The van der Waals surface area contributed by atoms with Gasteiger partial charge in [0.1, 0.15) is 5.75 Å². The average Bonchev–Trinajstić information content (AvgIpc) is 2.88. The first-order chi connectivity index (χ1) is 16.3. The molecule has 0 N–H and O–H groups in total. The van der Waals surface area contributed by atoms with Gasteiger partial charge in [-0.05, 0) is 61.9 Å². The lowest BCUT2D eigenvalue weighted by Crippen LogP contribution is -2.46. The van der Waals surface area contributed by atoms with Gasteiger partial charge in [0.25, 0.3) is 0 Å². The number of carbonyl (C=O) groups is 1. The first kappa shape index (κ1) is 24.3. The number of amides is 1. The summed E-state index contributed by atoms with van der Waals surface area (Å²) in [6.07, 6.45) is 2.78. The van der Waals surface area contributed by atoms with Crippen molar-refractivity contribution in [2.75, 3.05) is 45.9 Å². The zero-order valence-electron chi connectivity index (χ0n) is 20.2. The normalized spacial score (nSPS) is 17.2. The molecule has 1 amide bonds. The fourth-order valence-corrected chi connectivity index (χ4v) is 6.41. The third-order valence-corrected chi connectivity index (χ3v) is 8.73. The van der Waals surface area contributed by atoms with E-state index in [0.29, 0.717) is 49.7 Å². The number of methoxy groups -OCH3 is 3. The topological polar surface area (TPSA) is 85.4 Å². The Labute approximate surface area is 201 Å². The molecule has 2 aromatic carbocycles. The second-order valence-corrected chi connectivity index (χ2v) is 10.6. The fourth-order valence-electron chi connectivity index (χ4n) is 4.93. The Bertz CT molecular complexity index is 1170. The largest absolute Gasteiger partial charge is 0.495 e. The highest BCUT2D eigenvalue weighted by atomic mass is 32.2. The van der Waals surface area contributed by atoms with Crippen molar-refractivity contribution in [3.8, 4) is 17.2 Å². The molecule has 2 aromatic rings. The molecule has 2 heterocycles. The third-order valence-electron chi connectivity index (χ3n) is 6.84. The molecule has 0 atom stereocenters. The van der Waals surface area contributed by atoms with Gasteiger partial charge < -0.3 is 19.1 Å². The number of benzene rings is 2. The highest BCUT2D eigenvalue weighted by Gasteiger charge is 2.36. The summed E-state index contributed by atoms with van der Waals surface area (Å²) in [7, 11) is 0.897. The number of aryl methyl sites for hydroxylation is 1. The number of piperidine rings is 1. The first-order valence-electron chi connectivity index (χ1n) is 11.5. The van der Waals surface area contributed by atoms with Crippen LogP contribution in [0.15, 0.2) is 35.2 Å². The van der Waals surface area contributed by atoms with Crippen molar-refractivity contribution in [3.63, 3.8) is 0 Å². The summed E-state index contributed by atoms with van der Waals surface area (Å²) >= 11 is 0. The van der Waals surface area contributed by atoms with Crippen LogP contribution in [-0.4, -0.2) is 59.6 Å². The van der Waals surface area contributed by atoms with E-state index >= 15 is 0 Å². The molecular formula is C25H32N2O6S.